The lowest BCUT2D eigenvalue weighted by molar-refractivity contribution is -0.138. The zero-order valence-electron chi connectivity index (χ0n) is 8.51. The molecule has 19 heavy (non-hydrogen) atoms. The van der Waals surface area contributed by atoms with E-state index in [4.69, 9.17) is 0 Å². The van der Waals surface area contributed by atoms with Gasteiger partial charge in [0.2, 0.25) is 0 Å². The smallest absolute Gasteiger partial charge is 0.375 e. The Morgan fingerprint density at radius 1 is 1.00 bits per heavy atom. The maximum atomic E-state index is 12.7. The molecule has 0 N–H and O–H groups in total. The zero-order valence-corrected chi connectivity index (χ0v) is 9.33. The van der Waals surface area contributed by atoms with Gasteiger partial charge in [0, 0.05) is 6.07 Å². The summed E-state index contributed by atoms with van der Waals surface area (Å²) in [5, 5.41) is 0. The van der Waals surface area contributed by atoms with Gasteiger partial charge < -0.3 is 4.18 Å². The second-order valence-electron chi connectivity index (χ2n) is 3.12. The summed E-state index contributed by atoms with van der Waals surface area (Å²) in [6.07, 6.45) is -5.20. The van der Waals surface area contributed by atoms with E-state index in [0.29, 0.717) is 6.07 Å². The minimum absolute atomic E-state index is 0.0660. The fourth-order valence-corrected chi connectivity index (χ4v) is 1.43. The topological polar surface area (TPSA) is 43.4 Å². The molecule has 11 heteroatoms. The monoisotopic (exact) mass is 312 g/mol. The lowest BCUT2D eigenvalue weighted by atomic mass is 10.2. The molecule has 0 bridgehead atoms. The Labute approximate surface area is 101 Å². The molecule has 3 nitrogen and oxygen atoms in total. The summed E-state index contributed by atoms with van der Waals surface area (Å²) in [4.78, 5) is 0. The highest BCUT2D eigenvalue weighted by atomic mass is 32.2. The maximum Gasteiger partial charge on any atom is 0.534 e. The second-order valence-corrected chi connectivity index (χ2v) is 4.66. The van der Waals surface area contributed by atoms with Crippen molar-refractivity contribution in [2.45, 2.75) is 11.7 Å². The van der Waals surface area contributed by atoms with Gasteiger partial charge >= 0.3 is 21.8 Å². The second kappa shape index (κ2) is 4.54. The summed E-state index contributed by atoms with van der Waals surface area (Å²) < 4.78 is 110. The molecule has 0 spiro atoms. The predicted molar refractivity (Wildman–Crippen MR) is 47.0 cm³/mol. The van der Waals surface area contributed by atoms with Gasteiger partial charge in [0.1, 0.15) is 5.82 Å². The van der Waals surface area contributed by atoms with Crippen molar-refractivity contribution in [2.24, 2.45) is 0 Å². The van der Waals surface area contributed by atoms with Crippen LogP contribution < -0.4 is 4.18 Å². The van der Waals surface area contributed by atoms with Crippen LogP contribution in [0.25, 0.3) is 0 Å². The first-order valence-corrected chi connectivity index (χ1v) is 5.63. The number of alkyl halides is 6. The van der Waals surface area contributed by atoms with Crippen LogP contribution in [0.15, 0.2) is 18.2 Å². The molecule has 0 unspecified atom stereocenters. The van der Waals surface area contributed by atoms with Crippen molar-refractivity contribution in [2.75, 3.05) is 0 Å². The third-order valence-corrected chi connectivity index (χ3v) is 2.70. The summed E-state index contributed by atoms with van der Waals surface area (Å²) in [7, 11) is -6.32. The van der Waals surface area contributed by atoms with Gasteiger partial charge in [-0.05, 0) is 12.1 Å². The quantitative estimate of drug-likeness (QED) is 0.479. The Hall–Kier alpha value is -1.52. The average Bonchev–Trinajstić information content (AvgIpc) is 2.12. The van der Waals surface area contributed by atoms with Crippen molar-refractivity contribution in [3.63, 3.8) is 0 Å². The van der Waals surface area contributed by atoms with Crippen molar-refractivity contribution in [3.05, 3.63) is 29.6 Å². The SMILES string of the molecule is O=S(=O)(Oc1cc(F)ccc1C(F)(F)F)C(F)(F)F. The summed E-state index contributed by atoms with van der Waals surface area (Å²) in [6, 6.07) is 0.262. The minimum atomic E-state index is -6.32. The summed E-state index contributed by atoms with van der Waals surface area (Å²) in [6.45, 7) is 0. The van der Waals surface area contributed by atoms with Crippen LogP contribution in [0.5, 0.6) is 5.75 Å². The Balaban J connectivity index is 3.33. The van der Waals surface area contributed by atoms with E-state index in [-0.39, 0.29) is 12.1 Å². The molecule has 0 radical (unpaired) electrons. The first kappa shape index (κ1) is 15.5. The van der Waals surface area contributed by atoms with Gasteiger partial charge in [0.05, 0.1) is 5.56 Å². The number of hydrogen-bond acceptors (Lipinski definition) is 3. The first-order chi connectivity index (χ1) is 8.34. The van der Waals surface area contributed by atoms with E-state index in [0.717, 1.165) is 0 Å². The van der Waals surface area contributed by atoms with Crippen LogP contribution in [0.2, 0.25) is 0 Å². The van der Waals surface area contributed by atoms with Gasteiger partial charge in [-0.25, -0.2) is 4.39 Å². The van der Waals surface area contributed by atoms with E-state index >= 15 is 0 Å². The molecular formula is C8H3F7O3S. The third-order valence-electron chi connectivity index (χ3n) is 1.73. The van der Waals surface area contributed by atoms with Crippen molar-refractivity contribution in [1.29, 1.82) is 0 Å². The molecule has 0 aromatic heterocycles. The molecule has 0 amide bonds. The van der Waals surface area contributed by atoms with Gasteiger partial charge in [0.25, 0.3) is 0 Å². The van der Waals surface area contributed by atoms with Crippen LogP contribution in [0, 0.1) is 5.82 Å². The van der Waals surface area contributed by atoms with Crippen molar-refractivity contribution in [3.8, 4) is 5.75 Å². The van der Waals surface area contributed by atoms with Crippen molar-refractivity contribution < 1.29 is 43.3 Å². The Morgan fingerprint density at radius 2 is 1.53 bits per heavy atom. The molecule has 0 aliphatic carbocycles. The number of rotatable bonds is 2. The largest absolute Gasteiger partial charge is 0.534 e. The molecular weight excluding hydrogens is 309 g/mol. The number of hydrogen-bond donors (Lipinski definition) is 0. The van der Waals surface area contributed by atoms with Crippen LogP contribution in [-0.4, -0.2) is 13.9 Å². The predicted octanol–water partition coefficient (Wildman–Crippen LogP) is 3.07. The maximum absolute atomic E-state index is 12.7. The highest BCUT2D eigenvalue weighted by Gasteiger charge is 2.49. The molecule has 1 rings (SSSR count). The van der Waals surface area contributed by atoms with Crippen LogP contribution in [-0.2, 0) is 16.3 Å². The van der Waals surface area contributed by atoms with Crippen LogP contribution in [0.3, 0.4) is 0 Å². The average molecular weight is 312 g/mol. The molecule has 0 saturated heterocycles. The molecule has 0 aliphatic rings. The van der Waals surface area contributed by atoms with E-state index in [2.05, 4.69) is 4.18 Å². The van der Waals surface area contributed by atoms with E-state index in [9.17, 15) is 39.2 Å². The lowest BCUT2D eigenvalue weighted by Gasteiger charge is -2.14. The minimum Gasteiger partial charge on any atom is -0.375 e. The van der Waals surface area contributed by atoms with Crippen molar-refractivity contribution in [1.82, 2.24) is 0 Å². The third kappa shape index (κ3) is 3.49. The highest BCUT2D eigenvalue weighted by molar-refractivity contribution is 7.88. The zero-order chi connectivity index (χ0) is 15.1. The Morgan fingerprint density at radius 3 is 1.95 bits per heavy atom. The van der Waals surface area contributed by atoms with Gasteiger partial charge in [-0.1, -0.05) is 0 Å². The fraction of sp³-hybridized carbons (Fsp3) is 0.250. The van der Waals surface area contributed by atoms with E-state index in [1.165, 1.54) is 0 Å². The van der Waals surface area contributed by atoms with Crippen LogP contribution in [0.4, 0.5) is 30.7 Å². The molecule has 0 aliphatic heterocycles. The highest BCUT2D eigenvalue weighted by Crippen LogP contribution is 2.38. The van der Waals surface area contributed by atoms with Gasteiger partial charge in [-0.3, -0.25) is 0 Å². The normalized spacial score (nSPS) is 13.4. The molecule has 0 fully saturated rings. The van der Waals surface area contributed by atoms with Gasteiger partial charge in [-0.2, -0.15) is 34.8 Å². The van der Waals surface area contributed by atoms with E-state index in [1.807, 2.05) is 0 Å². The molecule has 0 atom stereocenters. The fourth-order valence-electron chi connectivity index (χ4n) is 0.965. The Bertz CT molecular complexity index is 573. The molecule has 1 aromatic rings. The van der Waals surface area contributed by atoms with Gasteiger partial charge in [-0.15, -0.1) is 0 Å². The molecule has 1 aromatic carbocycles. The van der Waals surface area contributed by atoms with E-state index < -0.39 is 38.9 Å². The summed E-state index contributed by atoms with van der Waals surface area (Å²) in [5.41, 5.74) is -7.77. The summed E-state index contributed by atoms with van der Waals surface area (Å²) >= 11 is 0. The Kier molecular flexibility index (Phi) is 3.72. The summed E-state index contributed by atoms with van der Waals surface area (Å²) in [5.74, 6) is -3.18. The standard InChI is InChI=1S/C8H3F7O3S/c9-4-1-2-5(7(10,11)12)6(3-4)18-19(16,17)8(13,14)15/h1-3H. The van der Waals surface area contributed by atoms with Crippen LogP contribution >= 0.6 is 0 Å². The van der Waals surface area contributed by atoms with Gasteiger partial charge in [0.15, 0.2) is 5.75 Å². The van der Waals surface area contributed by atoms with Crippen LogP contribution in [0.1, 0.15) is 5.56 Å². The molecule has 0 saturated carbocycles. The number of benzene rings is 1. The lowest BCUT2D eigenvalue weighted by Crippen LogP contribution is -2.29. The van der Waals surface area contributed by atoms with Crippen molar-refractivity contribution >= 4 is 10.1 Å². The molecule has 108 valence electrons. The molecule has 0 heterocycles. The number of halogens is 7. The van der Waals surface area contributed by atoms with E-state index in [1.54, 1.807) is 0 Å². The first-order valence-electron chi connectivity index (χ1n) is 4.22.